The van der Waals surface area contributed by atoms with Crippen molar-refractivity contribution in [3.63, 3.8) is 0 Å². The van der Waals surface area contributed by atoms with Gasteiger partial charge in [0.25, 0.3) is 5.89 Å². The molecule has 1 fully saturated rings. The first kappa shape index (κ1) is 17.6. The first-order chi connectivity index (χ1) is 12.8. The van der Waals surface area contributed by atoms with Crippen LogP contribution in [0.2, 0.25) is 0 Å². The van der Waals surface area contributed by atoms with Crippen molar-refractivity contribution in [3.8, 4) is 23.0 Å². The van der Waals surface area contributed by atoms with Gasteiger partial charge in [0.05, 0.1) is 17.3 Å². The van der Waals surface area contributed by atoms with Crippen LogP contribution in [0, 0.1) is 12.7 Å². The molecule has 2 aromatic heterocycles. The second kappa shape index (κ2) is 6.41. The van der Waals surface area contributed by atoms with Gasteiger partial charge in [0.1, 0.15) is 5.82 Å². The van der Waals surface area contributed by atoms with Crippen LogP contribution in [0.15, 0.2) is 22.7 Å². The second-order valence-corrected chi connectivity index (χ2v) is 6.23. The van der Waals surface area contributed by atoms with Gasteiger partial charge in [-0.3, -0.25) is 0 Å². The van der Waals surface area contributed by atoms with E-state index >= 15 is 0 Å². The van der Waals surface area contributed by atoms with Gasteiger partial charge in [0.15, 0.2) is 5.69 Å². The molecule has 27 heavy (non-hydrogen) atoms. The first-order valence-corrected chi connectivity index (χ1v) is 8.18. The summed E-state index contributed by atoms with van der Waals surface area (Å²) in [6, 6.07) is 2.65. The lowest BCUT2D eigenvalue weighted by Gasteiger charge is -2.09. The number of benzene rings is 1. The largest absolute Gasteiger partial charge is 0.419 e. The van der Waals surface area contributed by atoms with E-state index in [9.17, 15) is 17.6 Å². The topological polar surface area (TPSA) is 81.7 Å². The molecule has 3 heterocycles. The van der Waals surface area contributed by atoms with E-state index < -0.39 is 17.6 Å². The van der Waals surface area contributed by atoms with Gasteiger partial charge in [-0.2, -0.15) is 18.2 Å². The number of alkyl halides is 3. The van der Waals surface area contributed by atoms with E-state index in [0.29, 0.717) is 11.8 Å². The fourth-order valence-electron chi connectivity index (χ4n) is 3.05. The van der Waals surface area contributed by atoms with Crippen molar-refractivity contribution in [2.45, 2.75) is 25.6 Å². The average Bonchev–Trinajstić information content (AvgIpc) is 3.33. The molecule has 7 nitrogen and oxygen atoms in total. The van der Waals surface area contributed by atoms with Crippen molar-refractivity contribution >= 4 is 0 Å². The van der Waals surface area contributed by atoms with Crippen LogP contribution in [0.4, 0.5) is 17.6 Å². The van der Waals surface area contributed by atoms with Gasteiger partial charge in [-0.15, -0.1) is 5.10 Å². The SMILES string of the molecule is Cc1c(-c2nc(-c3ccc(C(F)(F)F)c(F)c3)no2)nnn1C1CCNC1. The highest BCUT2D eigenvalue weighted by atomic mass is 19.4. The third-order valence-corrected chi connectivity index (χ3v) is 4.47. The molecule has 4 rings (SSSR count). The summed E-state index contributed by atoms with van der Waals surface area (Å²) in [6.07, 6.45) is -3.85. The van der Waals surface area contributed by atoms with Gasteiger partial charge in [0.2, 0.25) is 5.82 Å². The fraction of sp³-hybridized carbons (Fsp3) is 0.375. The molecule has 1 aliphatic rings. The first-order valence-electron chi connectivity index (χ1n) is 8.18. The van der Waals surface area contributed by atoms with Crippen LogP contribution in [-0.2, 0) is 6.18 Å². The van der Waals surface area contributed by atoms with Gasteiger partial charge in [-0.1, -0.05) is 16.4 Å². The van der Waals surface area contributed by atoms with Crippen LogP contribution in [-0.4, -0.2) is 38.2 Å². The van der Waals surface area contributed by atoms with E-state index in [0.717, 1.165) is 37.3 Å². The maximum absolute atomic E-state index is 13.8. The minimum atomic E-state index is -4.77. The monoisotopic (exact) mass is 382 g/mol. The van der Waals surface area contributed by atoms with Crippen molar-refractivity contribution in [2.75, 3.05) is 13.1 Å². The molecule has 1 aliphatic heterocycles. The van der Waals surface area contributed by atoms with E-state index in [1.165, 1.54) is 0 Å². The number of rotatable bonds is 3. The van der Waals surface area contributed by atoms with Gasteiger partial charge < -0.3 is 9.84 Å². The molecule has 11 heteroatoms. The lowest BCUT2D eigenvalue weighted by Crippen LogP contribution is -2.15. The Hall–Kier alpha value is -2.82. The predicted molar refractivity (Wildman–Crippen MR) is 85.0 cm³/mol. The average molecular weight is 382 g/mol. The third-order valence-electron chi connectivity index (χ3n) is 4.47. The Morgan fingerprint density at radius 1 is 1.30 bits per heavy atom. The summed E-state index contributed by atoms with van der Waals surface area (Å²) in [5.74, 6) is -1.36. The highest BCUT2D eigenvalue weighted by Gasteiger charge is 2.34. The summed E-state index contributed by atoms with van der Waals surface area (Å²) in [5, 5.41) is 15.1. The van der Waals surface area contributed by atoms with Gasteiger partial charge >= 0.3 is 6.18 Å². The van der Waals surface area contributed by atoms with E-state index in [-0.39, 0.29) is 23.3 Å². The fourth-order valence-corrected chi connectivity index (χ4v) is 3.05. The molecule has 0 spiro atoms. The Morgan fingerprint density at radius 2 is 2.11 bits per heavy atom. The molecule has 0 radical (unpaired) electrons. The van der Waals surface area contributed by atoms with E-state index in [1.54, 1.807) is 4.68 Å². The van der Waals surface area contributed by atoms with Crippen molar-refractivity contribution in [1.82, 2.24) is 30.5 Å². The molecule has 1 saturated heterocycles. The number of halogens is 4. The summed E-state index contributed by atoms with van der Waals surface area (Å²) < 4.78 is 58.7. The zero-order valence-electron chi connectivity index (χ0n) is 14.1. The van der Waals surface area contributed by atoms with E-state index in [4.69, 9.17) is 4.52 Å². The number of nitrogens with one attached hydrogen (secondary N) is 1. The Balaban J connectivity index is 1.64. The van der Waals surface area contributed by atoms with Crippen molar-refractivity contribution in [1.29, 1.82) is 0 Å². The number of nitrogens with zero attached hydrogens (tertiary/aromatic N) is 5. The number of hydrogen-bond acceptors (Lipinski definition) is 6. The second-order valence-electron chi connectivity index (χ2n) is 6.23. The molecule has 0 amide bonds. The molecule has 3 aromatic rings. The van der Waals surface area contributed by atoms with Crippen LogP contribution in [0.3, 0.4) is 0 Å². The van der Waals surface area contributed by atoms with Crippen LogP contribution >= 0.6 is 0 Å². The van der Waals surface area contributed by atoms with E-state index in [2.05, 4.69) is 25.8 Å². The van der Waals surface area contributed by atoms with Crippen LogP contribution < -0.4 is 5.32 Å². The van der Waals surface area contributed by atoms with Gasteiger partial charge in [-0.25, -0.2) is 9.07 Å². The molecule has 1 aromatic carbocycles. The lowest BCUT2D eigenvalue weighted by molar-refractivity contribution is -0.139. The Kier molecular flexibility index (Phi) is 4.17. The quantitative estimate of drug-likeness (QED) is 0.702. The number of hydrogen-bond donors (Lipinski definition) is 1. The molecule has 1 N–H and O–H groups in total. The van der Waals surface area contributed by atoms with Gasteiger partial charge in [-0.05, 0) is 32.0 Å². The Labute approximate surface area is 150 Å². The molecule has 0 aliphatic carbocycles. The van der Waals surface area contributed by atoms with Crippen molar-refractivity contribution < 1.29 is 22.1 Å². The minimum absolute atomic E-state index is 0.0332. The van der Waals surface area contributed by atoms with Crippen LogP contribution in [0.25, 0.3) is 23.0 Å². The molecular formula is C16H14F4N6O. The normalized spacial score (nSPS) is 17.6. The maximum Gasteiger partial charge on any atom is 0.419 e. The smallest absolute Gasteiger partial charge is 0.332 e. The molecule has 0 bridgehead atoms. The lowest BCUT2D eigenvalue weighted by atomic mass is 10.1. The van der Waals surface area contributed by atoms with Crippen molar-refractivity contribution in [2.24, 2.45) is 0 Å². The summed E-state index contributed by atoms with van der Waals surface area (Å²) in [7, 11) is 0. The van der Waals surface area contributed by atoms with Crippen LogP contribution in [0.5, 0.6) is 0 Å². The van der Waals surface area contributed by atoms with Crippen LogP contribution in [0.1, 0.15) is 23.7 Å². The maximum atomic E-state index is 13.8. The number of aromatic nitrogens is 5. The minimum Gasteiger partial charge on any atom is -0.332 e. The highest BCUT2D eigenvalue weighted by Crippen LogP contribution is 2.33. The summed E-state index contributed by atoms with van der Waals surface area (Å²) in [5.41, 5.74) is -0.162. The standard InChI is InChI=1S/C16H14F4N6O/c1-8-13(23-25-26(8)10-4-5-21-7-10)15-22-14(24-27-15)9-2-3-11(12(17)6-9)16(18,19)20/h2-3,6,10,21H,4-5,7H2,1H3. The molecular weight excluding hydrogens is 368 g/mol. The Bertz CT molecular complexity index is 974. The molecule has 1 unspecified atom stereocenters. The molecule has 1 atom stereocenters. The predicted octanol–water partition coefficient (Wildman–Crippen LogP) is 3.00. The Morgan fingerprint density at radius 3 is 2.78 bits per heavy atom. The highest BCUT2D eigenvalue weighted by molar-refractivity contribution is 5.59. The van der Waals surface area contributed by atoms with Crippen molar-refractivity contribution in [3.05, 3.63) is 35.3 Å². The third kappa shape index (κ3) is 3.18. The van der Waals surface area contributed by atoms with Gasteiger partial charge in [0, 0.05) is 12.1 Å². The summed E-state index contributed by atoms with van der Waals surface area (Å²) in [4.78, 5) is 4.13. The molecule has 0 saturated carbocycles. The van der Waals surface area contributed by atoms with E-state index in [1.807, 2.05) is 6.92 Å². The summed E-state index contributed by atoms with van der Waals surface area (Å²) >= 11 is 0. The molecule has 142 valence electrons. The zero-order valence-corrected chi connectivity index (χ0v) is 14.1. The summed E-state index contributed by atoms with van der Waals surface area (Å²) in [6.45, 7) is 3.49. The zero-order chi connectivity index (χ0) is 19.2.